The molecule has 0 heterocycles. The minimum absolute atomic E-state index is 0.0671. The number of halogens is 2. The van der Waals surface area contributed by atoms with Crippen molar-refractivity contribution in [2.24, 2.45) is 11.8 Å². The monoisotopic (exact) mass is 338 g/mol. The van der Waals surface area contributed by atoms with Crippen molar-refractivity contribution in [3.05, 3.63) is 29.3 Å². The second-order valence-electron chi connectivity index (χ2n) is 7.29. The predicted molar refractivity (Wildman–Crippen MR) is 95.4 cm³/mol. The van der Waals surface area contributed by atoms with E-state index in [2.05, 4.69) is 6.92 Å². The summed E-state index contributed by atoms with van der Waals surface area (Å²) in [4.78, 5) is 0. The summed E-state index contributed by atoms with van der Waals surface area (Å²) in [6, 6.07) is 3.24. The first-order chi connectivity index (χ1) is 11.7. The third kappa shape index (κ3) is 5.46. The van der Waals surface area contributed by atoms with E-state index in [9.17, 15) is 8.78 Å². The molecule has 136 valence electrons. The highest BCUT2D eigenvalue weighted by Gasteiger charge is 2.22. The summed E-state index contributed by atoms with van der Waals surface area (Å²) in [5, 5.41) is 0. The number of benzene rings is 1. The Labute approximate surface area is 145 Å². The summed E-state index contributed by atoms with van der Waals surface area (Å²) in [5.74, 6) is -0.166. The lowest BCUT2D eigenvalue weighted by Crippen LogP contribution is -2.20. The highest BCUT2D eigenvalue weighted by molar-refractivity contribution is 5.31. The van der Waals surface area contributed by atoms with Gasteiger partial charge in [-0.05, 0) is 42.7 Å². The first kappa shape index (κ1) is 19.2. The number of aryl methyl sites for hydroxylation is 1. The van der Waals surface area contributed by atoms with Crippen LogP contribution in [-0.2, 0) is 6.42 Å². The van der Waals surface area contributed by atoms with Gasteiger partial charge < -0.3 is 4.74 Å². The van der Waals surface area contributed by atoms with E-state index in [-0.39, 0.29) is 5.75 Å². The number of ether oxygens (including phenoxy) is 1. The molecule has 0 aliphatic heterocycles. The Morgan fingerprint density at radius 3 is 2.29 bits per heavy atom. The molecule has 0 radical (unpaired) electrons. The Bertz CT molecular complexity index is 493. The largest absolute Gasteiger partial charge is 0.490 e. The summed E-state index contributed by atoms with van der Waals surface area (Å²) in [5.41, 5.74) is 0.440. The molecule has 1 fully saturated rings. The molecule has 0 bridgehead atoms. The van der Waals surface area contributed by atoms with Gasteiger partial charge >= 0.3 is 0 Å². The van der Waals surface area contributed by atoms with Crippen LogP contribution in [0.25, 0.3) is 0 Å². The van der Waals surface area contributed by atoms with Crippen molar-refractivity contribution in [2.45, 2.75) is 78.1 Å². The molecule has 1 aromatic rings. The third-order valence-electron chi connectivity index (χ3n) is 5.30. The molecule has 1 saturated carbocycles. The number of rotatable bonds is 9. The molecule has 0 unspecified atom stereocenters. The van der Waals surface area contributed by atoms with Crippen molar-refractivity contribution in [1.29, 1.82) is 0 Å². The number of unbranched alkanes of at least 4 members (excludes halogenated alkanes) is 2. The minimum Gasteiger partial charge on any atom is -0.490 e. The van der Waals surface area contributed by atoms with Gasteiger partial charge in [0.05, 0.1) is 6.61 Å². The molecule has 2 rings (SSSR count). The second-order valence-corrected chi connectivity index (χ2v) is 7.29. The maximum absolute atomic E-state index is 14.1. The van der Waals surface area contributed by atoms with Crippen molar-refractivity contribution >= 4 is 0 Å². The van der Waals surface area contributed by atoms with Crippen molar-refractivity contribution in [3.63, 3.8) is 0 Å². The van der Waals surface area contributed by atoms with Gasteiger partial charge in [-0.15, -0.1) is 0 Å². The summed E-state index contributed by atoms with van der Waals surface area (Å²) in [6.07, 6.45) is 11.5. The lowest BCUT2D eigenvalue weighted by molar-refractivity contribution is 0.172. The van der Waals surface area contributed by atoms with Crippen LogP contribution in [0, 0.1) is 23.5 Å². The van der Waals surface area contributed by atoms with Crippen molar-refractivity contribution in [3.8, 4) is 5.75 Å². The molecular formula is C21H32F2O. The van der Waals surface area contributed by atoms with E-state index in [1.807, 2.05) is 6.92 Å². The molecule has 1 aliphatic carbocycles. The molecule has 1 nitrogen and oxygen atoms in total. The normalized spacial score (nSPS) is 21.0. The molecule has 1 aromatic carbocycles. The quantitative estimate of drug-likeness (QED) is 0.456. The van der Waals surface area contributed by atoms with Gasteiger partial charge in [-0.3, -0.25) is 0 Å². The highest BCUT2D eigenvalue weighted by Crippen LogP contribution is 2.33. The average Bonchev–Trinajstić information content (AvgIpc) is 2.60. The van der Waals surface area contributed by atoms with Gasteiger partial charge in [-0.25, -0.2) is 4.39 Å². The Kier molecular flexibility index (Phi) is 8.01. The maximum Gasteiger partial charge on any atom is 0.200 e. The van der Waals surface area contributed by atoms with Crippen LogP contribution in [0.15, 0.2) is 12.1 Å². The second kappa shape index (κ2) is 10.0. The maximum atomic E-state index is 14.1. The van der Waals surface area contributed by atoms with Crippen LogP contribution >= 0.6 is 0 Å². The van der Waals surface area contributed by atoms with E-state index >= 15 is 0 Å². The van der Waals surface area contributed by atoms with E-state index in [1.54, 1.807) is 12.1 Å². The van der Waals surface area contributed by atoms with Crippen LogP contribution in [0.3, 0.4) is 0 Å². The van der Waals surface area contributed by atoms with Crippen LogP contribution in [0.1, 0.15) is 77.2 Å². The van der Waals surface area contributed by atoms with Crippen LogP contribution in [0.2, 0.25) is 0 Å². The summed E-state index contributed by atoms with van der Waals surface area (Å²) < 4.78 is 33.6. The fraction of sp³-hybridized carbons (Fsp3) is 0.714. The van der Waals surface area contributed by atoms with E-state index in [0.717, 1.165) is 25.2 Å². The molecule has 1 aliphatic rings. The average molecular weight is 338 g/mol. The predicted octanol–water partition coefficient (Wildman–Crippen LogP) is 6.68. The zero-order valence-electron chi connectivity index (χ0n) is 15.3. The zero-order valence-corrected chi connectivity index (χ0v) is 15.3. The van der Waals surface area contributed by atoms with Crippen LogP contribution in [0.4, 0.5) is 8.78 Å². The Morgan fingerprint density at radius 1 is 0.917 bits per heavy atom. The molecule has 0 N–H and O–H groups in total. The summed E-state index contributed by atoms with van der Waals surface area (Å²) in [6.45, 7) is 4.70. The van der Waals surface area contributed by atoms with Crippen molar-refractivity contribution < 1.29 is 13.5 Å². The highest BCUT2D eigenvalue weighted by atomic mass is 19.2. The number of hydrogen-bond acceptors (Lipinski definition) is 1. The zero-order chi connectivity index (χ0) is 17.4. The molecule has 0 aromatic heterocycles. The summed E-state index contributed by atoms with van der Waals surface area (Å²) >= 11 is 0. The molecular weight excluding hydrogens is 306 g/mol. The SMILES string of the molecule is CCCCCC1CCC(COc2ccc(CCC)c(F)c2F)CC1. The third-order valence-corrected chi connectivity index (χ3v) is 5.30. The fourth-order valence-corrected chi connectivity index (χ4v) is 3.72. The fourth-order valence-electron chi connectivity index (χ4n) is 3.72. The van der Waals surface area contributed by atoms with E-state index in [1.165, 1.54) is 38.5 Å². The first-order valence-electron chi connectivity index (χ1n) is 9.75. The molecule has 0 saturated heterocycles. The van der Waals surface area contributed by atoms with Gasteiger partial charge in [-0.1, -0.05) is 64.9 Å². The molecule has 0 spiro atoms. The number of hydrogen-bond donors (Lipinski definition) is 0. The Balaban J connectivity index is 1.77. The van der Waals surface area contributed by atoms with Crippen molar-refractivity contribution in [2.75, 3.05) is 6.61 Å². The minimum atomic E-state index is -0.825. The van der Waals surface area contributed by atoms with Crippen LogP contribution in [-0.4, -0.2) is 6.61 Å². The van der Waals surface area contributed by atoms with Gasteiger partial charge in [0.15, 0.2) is 11.6 Å². The standard InChI is InChI=1S/C21H32F2O/c1-3-5-6-8-16-9-11-17(12-10-16)15-24-19-14-13-18(7-4-2)20(22)21(19)23/h13-14,16-17H,3-12,15H2,1-2H3. The lowest BCUT2D eigenvalue weighted by Gasteiger charge is -2.28. The van der Waals surface area contributed by atoms with Crippen LogP contribution in [0.5, 0.6) is 5.75 Å². The van der Waals surface area contributed by atoms with Crippen LogP contribution < -0.4 is 4.74 Å². The van der Waals surface area contributed by atoms with E-state index in [4.69, 9.17) is 4.74 Å². The topological polar surface area (TPSA) is 9.23 Å². The Morgan fingerprint density at radius 2 is 1.62 bits per heavy atom. The molecule has 0 amide bonds. The van der Waals surface area contributed by atoms with Gasteiger partial charge in [0.2, 0.25) is 5.82 Å². The first-order valence-corrected chi connectivity index (χ1v) is 9.75. The van der Waals surface area contributed by atoms with Gasteiger partial charge in [0.25, 0.3) is 0 Å². The molecule has 24 heavy (non-hydrogen) atoms. The van der Waals surface area contributed by atoms with E-state index in [0.29, 0.717) is 24.5 Å². The van der Waals surface area contributed by atoms with Gasteiger partial charge in [0, 0.05) is 0 Å². The van der Waals surface area contributed by atoms with Gasteiger partial charge in [-0.2, -0.15) is 4.39 Å². The summed E-state index contributed by atoms with van der Waals surface area (Å²) in [7, 11) is 0. The smallest absolute Gasteiger partial charge is 0.200 e. The molecule has 3 heteroatoms. The Hall–Kier alpha value is -1.12. The van der Waals surface area contributed by atoms with Crippen molar-refractivity contribution in [1.82, 2.24) is 0 Å². The molecule has 0 atom stereocenters. The van der Waals surface area contributed by atoms with E-state index < -0.39 is 11.6 Å². The van der Waals surface area contributed by atoms with Gasteiger partial charge in [0.1, 0.15) is 0 Å². The lowest BCUT2D eigenvalue weighted by atomic mass is 9.80.